The highest BCUT2D eigenvalue weighted by atomic mass is 35.5. The van der Waals surface area contributed by atoms with Gasteiger partial charge in [-0.3, -0.25) is 0 Å². The summed E-state index contributed by atoms with van der Waals surface area (Å²) in [4.78, 5) is 2.38. The Bertz CT molecular complexity index is 421. The molecule has 0 aromatic heterocycles. The van der Waals surface area contributed by atoms with Crippen LogP contribution in [0.15, 0.2) is 12.1 Å². The molecule has 1 aliphatic rings. The van der Waals surface area contributed by atoms with Gasteiger partial charge < -0.3 is 14.4 Å². The van der Waals surface area contributed by atoms with Gasteiger partial charge in [-0.2, -0.15) is 0 Å². The maximum Gasteiger partial charge on any atom is 0.495 e. The van der Waals surface area contributed by atoms with Crippen LogP contribution >= 0.6 is 11.8 Å². The highest BCUT2D eigenvalue weighted by Crippen LogP contribution is 2.29. The molecule has 0 aliphatic carbocycles. The molecule has 92 valence electrons. The van der Waals surface area contributed by atoms with Crippen LogP contribution in [0.25, 0.3) is 0 Å². The molecule has 1 aliphatic heterocycles. The Labute approximate surface area is 104 Å². The van der Waals surface area contributed by atoms with Crippen LogP contribution in [0.4, 0.5) is 4.39 Å². The zero-order chi connectivity index (χ0) is 12.4. The molecule has 0 amide bonds. The third-order valence-electron chi connectivity index (χ3n) is 2.62. The molecule has 4 nitrogen and oxygen atoms in total. The minimum atomic E-state index is -1.18. The highest BCUT2D eigenvalue weighted by molar-refractivity contribution is 6.62. The molecular weight excluding hydrogens is 247 g/mol. The van der Waals surface area contributed by atoms with Gasteiger partial charge in [-0.15, -0.1) is 0 Å². The predicted octanol–water partition coefficient (Wildman–Crippen LogP) is 0.727. The first-order valence-electron chi connectivity index (χ1n) is 5.31. The van der Waals surface area contributed by atoms with E-state index in [2.05, 4.69) is 4.84 Å². The molecule has 1 atom stereocenters. The first kappa shape index (κ1) is 12.6. The van der Waals surface area contributed by atoms with Crippen LogP contribution in [0.3, 0.4) is 0 Å². The van der Waals surface area contributed by atoms with E-state index in [9.17, 15) is 9.41 Å². The fraction of sp³-hybridized carbons (Fsp3) is 0.400. The minimum absolute atomic E-state index is 0.206. The van der Waals surface area contributed by atoms with Gasteiger partial charge in [0.1, 0.15) is 11.6 Å². The van der Waals surface area contributed by atoms with Crippen molar-refractivity contribution in [3.63, 3.8) is 0 Å². The number of rotatable bonds is 4. The van der Waals surface area contributed by atoms with Gasteiger partial charge in [-0.1, -0.05) is 0 Å². The van der Waals surface area contributed by atoms with Crippen molar-refractivity contribution in [3.8, 4) is 5.75 Å². The van der Waals surface area contributed by atoms with Crippen LogP contribution in [0.1, 0.15) is 18.6 Å². The quantitative estimate of drug-likeness (QED) is 0.618. The van der Waals surface area contributed by atoms with Crippen LogP contribution in [0.2, 0.25) is 0 Å². The fourth-order valence-electron chi connectivity index (χ4n) is 1.97. The van der Waals surface area contributed by atoms with Crippen molar-refractivity contribution < 1.29 is 18.8 Å². The SMILES string of the molecule is CCOc1ccc(F)c2c1B(O)OC2CNCl. The molecule has 17 heavy (non-hydrogen) atoms. The van der Waals surface area contributed by atoms with Gasteiger partial charge in [0, 0.05) is 17.6 Å². The van der Waals surface area contributed by atoms with E-state index in [0.717, 1.165) is 0 Å². The highest BCUT2D eigenvalue weighted by Gasteiger charge is 2.40. The number of hydrogen-bond acceptors (Lipinski definition) is 4. The Morgan fingerprint density at radius 3 is 3.06 bits per heavy atom. The average molecular weight is 259 g/mol. The van der Waals surface area contributed by atoms with Crippen LogP contribution in [0, 0.1) is 5.82 Å². The van der Waals surface area contributed by atoms with Crippen LogP contribution in [-0.4, -0.2) is 25.3 Å². The monoisotopic (exact) mass is 259 g/mol. The van der Waals surface area contributed by atoms with Crippen molar-refractivity contribution >= 4 is 24.4 Å². The van der Waals surface area contributed by atoms with Gasteiger partial charge in [0.05, 0.1) is 12.7 Å². The summed E-state index contributed by atoms with van der Waals surface area (Å²) in [5.41, 5.74) is 0.653. The molecule has 0 radical (unpaired) electrons. The Morgan fingerprint density at radius 1 is 1.65 bits per heavy atom. The lowest BCUT2D eigenvalue weighted by atomic mass is 9.78. The lowest BCUT2D eigenvalue weighted by Gasteiger charge is -2.12. The Balaban J connectivity index is 2.45. The second kappa shape index (κ2) is 5.22. The van der Waals surface area contributed by atoms with Gasteiger partial charge >= 0.3 is 7.12 Å². The van der Waals surface area contributed by atoms with E-state index in [0.29, 0.717) is 23.4 Å². The van der Waals surface area contributed by atoms with Gasteiger partial charge in [-0.25, -0.2) is 9.23 Å². The van der Waals surface area contributed by atoms with Crippen molar-refractivity contribution in [3.05, 3.63) is 23.5 Å². The van der Waals surface area contributed by atoms with Crippen molar-refractivity contribution in [2.75, 3.05) is 13.2 Å². The van der Waals surface area contributed by atoms with Crippen molar-refractivity contribution in [1.29, 1.82) is 0 Å². The zero-order valence-electron chi connectivity index (χ0n) is 9.24. The minimum Gasteiger partial charge on any atom is -0.494 e. The summed E-state index contributed by atoms with van der Waals surface area (Å²) in [7, 11) is -1.18. The van der Waals surface area contributed by atoms with Crippen molar-refractivity contribution in [1.82, 2.24) is 4.84 Å². The van der Waals surface area contributed by atoms with E-state index in [-0.39, 0.29) is 6.54 Å². The first-order chi connectivity index (χ1) is 8.19. The van der Waals surface area contributed by atoms with E-state index < -0.39 is 19.0 Å². The first-order valence-corrected chi connectivity index (χ1v) is 5.69. The molecule has 0 saturated heterocycles. The molecule has 1 aromatic rings. The second-order valence-electron chi connectivity index (χ2n) is 3.62. The van der Waals surface area contributed by atoms with Crippen LogP contribution in [-0.2, 0) is 4.65 Å². The molecule has 1 aromatic carbocycles. The molecule has 2 rings (SSSR count). The maximum absolute atomic E-state index is 13.7. The maximum atomic E-state index is 13.7. The number of hydrogen-bond donors (Lipinski definition) is 2. The van der Waals surface area contributed by atoms with E-state index >= 15 is 0 Å². The van der Waals surface area contributed by atoms with Gasteiger partial charge in [0.15, 0.2) is 0 Å². The third-order valence-corrected chi connectivity index (χ3v) is 2.77. The van der Waals surface area contributed by atoms with Crippen molar-refractivity contribution in [2.24, 2.45) is 0 Å². The standard InChI is InChI=1S/C10H12BClFNO3/c1-2-16-7-4-3-6(13)9-8(5-14-12)17-11(15)10(7)9/h3-4,8,14-15H,2,5H2,1H3. The number of nitrogens with one attached hydrogen (secondary N) is 1. The summed E-state index contributed by atoms with van der Waals surface area (Å²) in [6.07, 6.45) is -0.613. The fourth-order valence-corrected chi connectivity index (χ4v) is 2.11. The Kier molecular flexibility index (Phi) is 3.88. The lowest BCUT2D eigenvalue weighted by molar-refractivity contribution is 0.190. The van der Waals surface area contributed by atoms with Crippen LogP contribution in [0.5, 0.6) is 5.75 Å². The zero-order valence-corrected chi connectivity index (χ0v) is 10.00. The summed E-state index contributed by atoms with van der Waals surface area (Å²) in [6, 6.07) is 2.78. The predicted molar refractivity (Wildman–Crippen MR) is 62.9 cm³/mol. The Morgan fingerprint density at radius 2 is 2.41 bits per heavy atom. The molecule has 0 bridgehead atoms. The lowest BCUT2D eigenvalue weighted by Crippen LogP contribution is -2.30. The smallest absolute Gasteiger partial charge is 0.494 e. The third kappa shape index (κ3) is 2.26. The van der Waals surface area contributed by atoms with Crippen LogP contribution < -0.4 is 15.0 Å². The van der Waals surface area contributed by atoms with Gasteiger partial charge in [0.25, 0.3) is 0 Å². The van der Waals surface area contributed by atoms with E-state index in [1.54, 1.807) is 0 Å². The van der Waals surface area contributed by atoms with Gasteiger partial charge in [-0.05, 0) is 30.8 Å². The number of benzene rings is 1. The number of halogens is 2. The molecule has 1 heterocycles. The van der Waals surface area contributed by atoms with Gasteiger partial charge in [0.2, 0.25) is 0 Å². The Hall–Kier alpha value is -0.815. The number of fused-ring (bicyclic) bond motifs is 1. The van der Waals surface area contributed by atoms with E-state index in [4.69, 9.17) is 21.2 Å². The largest absolute Gasteiger partial charge is 0.495 e. The molecule has 7 heteroatoms. The summed E-state index contributed by atoms with van der Waals surface area (Å²) >= 11 is 5.38. The second-order valence-corrected chi connectivity index (χ2v) is 3.89. The van der Waals surface area contributed by atoms with Crippen molar-refractivity contribution in [2.45, 2.75) is 13.0 Å². The molecule has 0 fully saturated rings. The molecule has 0 saturated carbocycles. The summed E-state index contributed by atoms with van der Waals surface area (Å²) < 4.78 is 24.3. The summed E-state index contributed by atoms with van der Waals surface area (Å²) in [5.74, 6) is 0.00499. The number of ether oxygens (including phenoxy) is 1. The summed E-state index contributed by atoms with van der Waals surface area (Å²) in [5, 5.41) is 9.77. The molecule has 2 N–H and O–H groups in total. The molecular formula is C10H12BClFNO3. The average Bonchev–Trinajstić information content (AvgIpc) is 2.62. The molecule has 0 spiro atoms. The molecule has 1 unspecified atom stereocenters. The summed E-state index contributed by atoms with van der Waals surface area (Å²) in [6.45, 7) is 2.46. The normalized spacial score (nSPS) is 18.4. The topological polar surface area (TPSA) is 50.7 Å². The van der Waals surface area contributed by atoms with E-state index in [1.807, 2.05) is 6.92 Å². The van der Waals surface area contributed by atoms with E-state index in [1.165, 1.54) is 12.1 Å².